The molecular weight excluding hydrogens is 587 g/mol. The third kappa shape index (κ3) is 8.42. The van der Waals surface area contributed by atoms with Crippen LogP contribution >= 0.6 is 0 Å². The summed E-state index contributed by atoms with van der Waals surface area (Å²) in [5, 5.41) is -0.930. The Morgan fingerprint density at radius 3 is 2.30 bits per heavy atom. The number of rotatable bonds is 13. The molecule has 2 aromatic carbocycles. The normalized spacial score (nSPS) is 11.8. The van der Waals surface area contributed by atoms with Gasteiger partial charge in [-0.1, -0.05) is 36.4 Å². The van der Waals surface area contributed by atoms with Gasteiger partial charge in [-0.05, 0) is 48.2 Å². The second-order valence-corrected chi connectivity index (χ2v) is 11.6. The summed E-state index contributed by atoms with van der Waals surface area (Å²) < 4.78 is 84.7. The summed E-state index contributed by atoms with van der Waals surface area (Å²) >= 11 is 0. The number of halogens is 3. The van der Waals surface area contributed by atoms with E-state index in [1.807, 2.05) is 30.3 Å². The number of unbranched alkanes of at least 4 members (excludes halogenated alkanes) is 1. The molecule has 2 heterocycles. The molecule has 0 N–H and O–H groups in total. The Hall–Kier alpha value is -4.23. The molecule has 0 spiro atoms. The third-order valence-electron chi connectivity index (χ3n) is 6.42. The van der Waals surface area contributed by atoms with Crippen LogP contribution in [-0.4, -0.2) is 49.5 Å². The highest BCUT2D eigenvalue weighted by Gasteiger charge is 2.35. The number of pyridine rings is 1. The summed E-state index contributed by atoms with van der Waals surface area (Å²) in [5.41, 5.74) is -0.376. The molecule has 13 heteroatoms. The predicted molar refractivity (Wildman–Crippen MR) is 153 cm³/mol. The van der Waals surface area contributed by atoms with E-state index in [9.17, 15) is 26.4 Å². The minimum absolute atomic E-state index is 0.0573. The Morgan fingerprint density at radius 2 is 1.60 bits per heavy atom. The quantitative estimate of drug-likeness (QED) is 0.150. The maximum Gasteiger partial charge on any atom is 0.433 e. The Balaban J connectivity index is 1.54. The zero-order valence-electron chi connectivity index (χ0n) is 23.5. The lowest BCUT2D eigenvalue weighted by Crippen LogP contribution is -2.20. The van der Waals surface area contributed by atoms with Crippen LogP contribution in [-0.2, 0) is 33.9 Å². The Morgan fingerprint density at radius 1 is 0.860 bits per heavy atom. The van der Waals surface area contributed by atoms with Crippen molar-refractivity contribution < 1.29 is 35.8 Å². The van der Waals surface area contributed by atoms with Gasteiger partial charge in [0.25, 0.3) is 5.56 Å². The van der Waals surface area contributed by atoms with E-state index >= 15 is 0 Å². The molecule has 0 radical (unpaired) electrons. The first kappa shape index (κ1) is 31.7. The summed E-state index contributed by atoms with van der Waals surface area (Å²) in [6.45, 7) is 0.699. The molecule has 4 rings (SSSR count). The first-order valence-electron chi connectivity index (χ1n) is 13.2. The number of sulfone groups is 1. The van der Waals surface area contributed by atoms with Gasteiger partial charge in [0.1, 0.15) is 5.69 Å². The molecular formula is C30H30F3N3O6S. The first-order chi connectivity index (χ1) is 20.5. The predicted octanol–water partition coefficient (Wildman–Crippen LogP) is 5.16. The molecule has 0 bridgehead atoms. The average Bonchev–Trinajstić information content (AvgIpc) is 2.99. The van der Waals surface area contributed by atoms with Gasteiger partial charge in [0.15, 0.2) is 11.5 Å². The highest BCUT2D eigenvalue weighted by Crippen LogP contribution is 2.31. The number of nitrogens with zero attached hydrogens (tertiary/aromatic N) is 3. The van der Waals surface area contributed by atoms with Crippen molar-refractivity contribution in [2.24, 2.45) is 0 Å². The Labute approximate surface area is 246 Å². The summed E-state index contributed by atoms with van der Waals surface area (Å²) in [6, 6.07) is 17.6. The third-order valence-corrected chi connectivity index (χ3v) is 7.98. The molecule has 9 nitrogen and oxygen atoms in total. The topological polar surface area (TPSA) is 110 Å². The van der Waals surface area contributed by atoms with Gasteiger partial charge in [-0.3, -0.25) is 4.79 Å². The largest absolute Gasteiger partial charge is 0.493 e. The monoisotopic (exact) mass is 617 g/mol. The summed E-state index contributed by atoms with van der Waals surface area (Å²) in [5.74, 6) is 0.468. The van der Waals surface area contributed by atoms with Crippen LogP contribution in [0.15, 0.2) is 82.9 Å². The lowest BCUT2D eigenvalue weighted by Gasteiger charge is -2.13. The molecule has 0 aliphatic rings. The van der Waals surface area contributed by atoms with Crippen LogP contribution in [0.5, 0.6) is 11.5 Å². The van der Waals surface area contributed by atoms with E-state index in [4.69, 9.17) is 14.2 Å². The molecule has 4 aromatic rings. The number of benzene rings is 2. The average molecular weight is 618 g/mol. The second kappa shape index (κ2) is 13.8. The lowest BCUT2D eigenvalue weighted by atomic mass is 10.1. The van der Waals surface area contributed by atoms with Gasteiger partial charge in [-0.2, -0.15) is 13.2 Å². The van der Waals surface area contributed by atoms with Gasteiger partial charge in [0.05, 0.1) is 38.8 Å². The fraction of sp³-hybridized carbons (Fsp3) is 0.300. The number of hydrogen-bond acceptors (Lipinski definition) is 8. The van der Waals surface area contributed by atoms with E-state index in [0.29, 0.717) is 36.2 Å². The van der Waals surface area contributed by atoms with Crippen molar-refractivity contribution >= 4 is 9.84 Å². The van der Waals surface area contributed by atoms with Crippen LogP contribution in [0.25, 0.3) is 11.3 Å². The van der Waals surface area contributed by atoms with Crippen molar-refractivity contribution in [1.82, 2.24) is 14.5 Å². The number of methoxy groups -OCH3 is 2. The van der Waals surface area contributed by atoms with Crippen molar-refractivity contribution in [2.75, 3.05) is 26.6 Å². The zero-order valence-corrected chi connectivity index (χ0v) is 24.3. The van der Waals surface area contributed by atoms with Gasteiger partial charge in [0, 0.05) is 24.4 Å². The highest BCUT2D eigenvalue weighted by atomic mass is 32.2. The number of aromatic nitrogens is 3. The number of alkyl halides is 3. The Bertz CT molecular complexity index is 1710. The van der Waals surface area contributed by atoms with Crippen LogP contribution in [0.4, 0.5) is 13.2 Å². The molecule has 0 aliphatic heterocycles. The van der Waals surface area contributed by atoms with Gasteiger partial charge in [-0.15, -0.1) is 0 Å². The molecule has 0 atom stereocenters. The molecule has 0 unspecified atom stereocenters. The fourth-order valence-electron chi connectivity index (χ4n) is 4.19. The standard InChI is InChI=1S/C30H30F3N3O6S/c1-40-25-12-10-22(16-26(25)41-2)18-36-19-23(11-13-28(36)37)24-17-27(30(31,32)33)35-29(34-24)43(38,39)15-7-6-14-42-20-21-8-4-3-5-9-21/h3-5,8-13,16-17,19H,6-7,14-15,18,20H2,1-2H3. The summed E-state index contributed by atoms with van der Waals surface area (Å²) in [4.78, 5) is 19.9. The zero-order chi connectivity index (χ0) is 31.0. The second-order valence-electron chi connectivity index (χ2n) is 9.56. The molecule has 0 fully saturated rings. The van der Waals surface area contributed by atoms with Gasteiger partial charge >= 0.3 is 6.18 Å². The van der Waals surface area contributed by atoms with Crippen LogP contribution in [0, 0.1) is 0 Å². The van der Waals surface area contributed by atoms with Crippen LogP contribution in [0.1, 0.15) is 29.7 Å². The van der Waals surface area contributed by atoms with E-state index in [1.165, 1.54) is 37.1 Å². The van der Waals surface area contributed by atoms with Crippen LogP contribution in [0.2, 0.25) is 0 Å². The number of hydrogen-bond donors (Lipinski definition) is 0. The SMILES string of the molecule is COc1ccc(Cn2cc(-c3cc(C(F)(F)F)nc(S(=O)(=O)CCCCOCc4ccccc4)n3)ccc2=O)cc1OC. The maximum absolute atomic E-state index is 13.8. The molecule has 0 amide bonds. The molecule has 43 heavy (non-hydrogen) atoms. The first-order valence-corrected chi connectivity index (χ1v) is 14.9. The van der Waals surface area contributed by atoms with Gasteiger partial charge < -0.3 is 18.8 Å². The lowest BCUT2D eigenvalue weighted by molar-refractivity contribution is -0.141. The van der Waals surface area contributed by atoms with Crippen molar-refractivity contribution in [3.05, 3.63) is 100 Å². The molecule has 228 valence electrons. The molecule has 2 aromatic heterocycles. The van der Waals surface area contributed by atoms with Crippen molar-refractivity contribution in [1.29, 1.82) is 0 Å². The molecule has 0 saturated carbocycles. The van der Waals surface area contributed by atoms with E-state index in [1.54, 1.807) is 18.2 Å². The van der Waals surface area contributed by atoms with E-state index < -0.39 is 38.2 Å². The van der Waals surface area contributed by atoms with Crippen LogP contribution in [0.3, 0.4) is 0 Å². The van der Waals surface area contributed by atoms with Gasteiger partial charge in [0.2, 0.25) is 15.0 Å². The fourth-order valence-corrected chi connectivity index (χ4v) is 5.43. The minimum Gasteiger partial charge on any atom is -0.493 e. The van der Waals surface area contributed by atoms with E-state index in [-0.39, 0.29) is 30.8 Å². The summed E-state index contributed by atoms with van der Waals surface area (Å²) in [7, 11) is -1.32. The van der Waals surface area contributed by atoms with E-state index in [2.05, 4.69) is 9.97 Å². The van der Waals surface area contributed by atoms with Crippen molar-refractivity contribution in [3.63, 3.8) is 0 Å². The molecule has 0 saturated heterocycles. The smallest absolute Gasteiger partial charge is 0.433 e. The van der Waals surface area contributed by atoms with Crippen molar-refractivity contribution in [3.8, 4) is 22.8 Å². The highest BCUT2D eigenvalue weighted by molar-refractivity contribution is 7.91. The van der Waals surface area contributed by atoms with Gasteiger partial charge in [-0.25, -0.2) is 18.4 Å². The number of ether oxygens (including phenoxy) is 3. The van der Waals surface area contributed by atoms with E-state index in [0.717, 1.165) is 5.56 Å². The maximum atomic E-state index is 13.8. The Kier molecular flexibility index (Phi) is 10.2. The van der Waals surface area contributed by atoms with Crippen molar-refractivity contribution in [2.45, 2.75) is 37.3 Å². The molecule has 0 aliphatic carbocycles. The van der Waals surface area contributed by atoms with Crippen LogP contribution < -0.4 is 15.0 Å². The minimum atomic E-state index is -4.93. The summed E-state index contributed by atoms with van der Waals surface area (Å²) in [6.07, 6.45) is -3.09.